The maximum atomic E-state index is 12.7. The van der Waals surface area contributed by atoms with Crippen LogP contribution in [0.25, 0.3) is 0 Å². The summed E-state index contributed by atoms with van der Waals surface area (Å²) in [5.74, 6) is 0.643. The first kappa shape index (κ1) is 18.7. The highest BCUT2D eigenvalue weighted by atomic mass is 79.9. The molecule has 3 nitrogen and oxygen atoms in total. The molecule has 0 saturated carbocycles. The van der Waals surface area contributed by atoms with Crippen molar-refractivity contribution in [3.8, 4) is 0 Å². The first-order valence-electron chi connectivity index (χ1n) is 7.66. The summed E-state index contributed by atoms with van der Waals surface area (Å²) in [7, 11) is 0. The maximum absolute atomic E-state index is 12.7. The number of rotatable bonds is 8. The molecule has 0 aliphatic rings. The molecule has 0 radical (unpaired) electrons. The van der Waals surface area contributed by atoms with Crippen molar-refractivity contribution in [2.24, 2.45) is 5.92 Å². The van der Waals surface area contributed by atoms with Gasteiger partial charge in [-0.3, -0.25) is 4.79 Å². The number of halogens is 1. The summed E-state index contributed by atoms with van der Waals surface area (Å²) in [5.41, 5.74) is 1.14. The summed E-state index contributed by atoms with van der Waals surface area (Å²) >= 11 is 5.04. The zero-order valence-electron chi connectivity index (χ0n) is 13.8. The van der Waals surface area contributed by atoms with Crippen LogP contribution in [-0.4, -0.2) is 48.4 Å². The van der Waals surface area contributed by atoms with Crippen molar-refractivity contribution in [3.63, 3.8) is 0 Å². The molecule has 0 atom stereocenters. The van der Waals surface area contributed by atoms with Gasteiger partial charge in [-0.05, 0) is 53.5 Å². The molecule has 0 fully saturated rings. The van der Waals surface area contributed by atoms with E-state index in [0.717, 1.165) is 47.0 Å². The summed E-state index contributed by atoms with van der Waals surface area (Å²) in [5, 5.41) is 0. The van der Waals surface area contributed by atoms with Crippen LogP contribution in [0.1, 0.15) is 42.9 Å². The largest absolute Gasteiger partial charge is 0.336 e. The molecular weight excluding hydrogens is 348 g/mol. The van der Waals surface area contributed by atoms with E-state index in [1.165, 1.54) is 11.3 Å². The number of carbonyl (C=O) groups is 1. The molecule has 0 aromatic carbocycles. The standard InChI is InChI=1S/C16H27BrN2OS/c1-6-18(7-2)8-9-19(11-12(3)4)16(20)14-10-13(5)15(17)21-14/h10,12H,6-9,11H2,1-5H3. The van der Waals surface area contributed by atoms with Crippen LogP contribution in [0.5, 0.6) is 0 Å². The van der Waals surface area contributed by atoms with Crippen molar-refractivity contribution < 1.29 is 4.79 Å². The monoisotopic (exact) mass is 374 g/mol. The summed E-state index contributed by atoms with van der Waals surface area (Å²) in [4.78, 5) is 17.9. The Hall–Kier alpha value is -0.390. The van der Waals surface area contributed by atoms with Gasteiger partial charge in [0.15, 0.2) is 0 Å². The third-order valence-corrected chi connectivity index (χ3v) is 5.65. The predicted octanol–water partition coefficient (Wildman–Crippen LogP) is 4.26. The molecule has 1 rings (SSSR count). The zero-order valence-corrected chi connectivity index (χ0v) is 16.2. The highest BCUT2D eigenvalue weighted by molar-refractivity contribution is 9.11. The topological polar surface area (TPSA) is 23.6 Å². The highest BCUT2D eigenvalue weighted by Crippen LogP contribution is 2.28. The van der Waals surface area contributed by atoms with Gasteiger partial charge in [-0.1, -0.05) is 27.7 Å². The smallest absolute Gasteiger partial charge is 0.264 e. The molecule has 0 N–H and O–H groups in total. The molecule has 21 heavy (non-hydrogen) atoms. The van der Waals surface area contributed by atoms with E-state index < -0.39 is 0 Å². The Bertz CT molecular complexity index is 436. The molecule has 0 bridgehead atoms. The van der Waals surface area contributed by atoms with Gasteiger partial charge in [0.2, 0.25) is 0 Å². The third-order valence-electron chi connectivity index (χ3n) is 3.52. The molecule has 1 aromatic rings. The molecule has 0 unspecified atom stereocenters. The van der Waals surface area contributed by atoms with Crippen molar-refractivity contribution >= 4 is 33.2 Å². The van der Waals surface area contributed by atoms with Gasteiger partial charge in [0, 0.05) is 19.6 Å². The van der Waals surface area contributed by atoms with E-state index in [4.69, 9.17) is 0 Å². The van der Waals surface area contributed by atoms with Crippen molar-refractivity contribution in [2.75, 3.05) is 32.7 Å². The fraction of sp³-hybridized carbons (Fsp3) is 0.688. The molecular formula is C16H27BrN2OS. The van der Waals surface area contributed by atoms with E-state index in [1.807, 2.05) is 17.9 Å². The van der Waals surface area contributed by atoms with Gasteiger partial charge in [-0.25, -0.2) is 0 Å². The zero-order chi connectivity index (χ0) is 16.0. The van der Waals surface area contributed by atoms with Crippen molar-refractivity contribution in [1.82, 2.24) is 9.80 Å². The lowest BCUT2D eigenvalue weighted by Gasteiger charge is -2.27. The van der Waals surface area contributed by atoms with Crippen LogP contribution in [0.15, 0.2) is 9.85 Å². The minimum atomic E-state index is 0.162. The number of aryl methyl sites for hydroxylation is 1. The Labute approximate surface area is 141 Å². The maximum Gasteiger partial charge on any atom is 0.264 e. The Morgan fingerprint density at radius 2 is 1.90 bits per heavy atom. The number of carbonyl (C=O) groups excluding carboxylic acids is 1. The van der Waals surface area contributed by atoms with Crippen LogP contribution in [0.3, 0.4) is 0 Å². The second-order valence-corrected chi connectivity index (χ2v) is 8.11. The molecule has 5 heteroatoms. The van der Waals surface area contributed by atoms with Crippen molar-refractivity contribution in [1.29, 1.82) is 0 Å². The Balaban J connectivity index is 2.78. The lowest BCUT2D eigenvalue weighted by molar-refractivity contribution is 0.0721. The number of hydrogen-bond acceptors (Lipinski definition) is 3. The Morgan fingerprint density at radius 3 is 2.33 bits per heavy atom. The van der Waals surface area contributed by atoms with Gasteiger partial charge in [0.05, 0.1) is 8.66 Å². The minimum absolute atomic E-state index is 0.162. The van der Waals surface area contributed by atoms with Gasteiger partial charge in [0.1, 0.15) is 0 Å². The van der Waals surface area contributed by atoms with Crippen molar-refractivity contribution in [2.45, 2.75) is 34.6 Å². The predicted molar refractivity (Wildman–Crippen MR) is 95.3 cm³/mol. The molecule has 0 aliphatic carbocycles. The lowest BCUT2D eigenvalue weighted by Crippen LogP contribution is -2.40. The SMILES string of the molecule is CCN(CC)CCN(CC(C)C)C(=O)c1cc(C)c(Br)s1. The molecule has 0 saturated heterocycles. The number of thiophene rings is 1. The summed E-state index contributed by atoms with van der Waals surface area (Å²) in [6.45, 7) is 15.3. The van der Waals surface area contributed by atoms with E-state index >= 15 is 0 Å². The van der Waals surface area contributed by atoms with Gasteiger partial charge < -0.3 is 9.80 Å². The minimum Gasteiger partial charge on any atom is -0.336 e. The Morgan fingerprint density at radius 1 is 1.29 bits per heavy atom. The van der Waals surface area contributed by atoms with Crippen LogP contribution in [0.4, 0.5) is 0 Å². The second kappa shape index (κ2) is 8.91. The van der Waals surface area contributed by atoms with Gasteiger partial charge in [-0.2, -0.15) is 0 Å². The van der Waals surface area contributed by atoms with Crippen molar-refractivity contribution in [3.05, 3.63) is 20.3 Å². The number of amides is 1. The molecule has 0 aliphatic heterocycles. The normalized spacial score (nSPS) is 11.4. The summed E-state index contributed by atoms with van der Waals surface area (Å²) in [6, 6.07) is 1.99. The van der Waals surface area contributed by atoms with E-state index in [1.54, 1.807) is 0 Å². The van der Waals surface area contributed by atoms with E-state index in [0.29, 0.717) is 5.92 Å². The molecule has 1 heterocycles. The van der Waals surface area contributed by atoms with Crippen LogP contribution >= 0.6 is 27.3 Å². The Kier molecular flexibility index (Phi) is 7.92. The third kappa shape index (κ3) is 5.72. The van der Waals surface area contributed by atoms with E-state index in [-0.39, 0.29) is 5.91 Å². The first-order chi connectivity index (χ1) is 9.88. The lowest BCUT2D eigenvalue weighted by atomic mass is 10.2. The number of nitrogens with zero attached hydrogens (tertiary/aromatic N) is 2. The first-order valence-corrected chi connectivity index (χ1v) is 9.27. The summed E-state index contributed by atoms with van der Waals surface area (Å²) < 4.78 is 1.05. The molecule has 1 aromatic heterocycles. The average molecular weight is 375 g/mol. The van der Waals surface area contributed by atoms with E-state index in [9.17, 15) is 4.79 Å². The summed E-state index contributed by atoms with van der Waals surface area (Å²) in [6.07, 6.45) is 0. The van der Waals surface area contributed by atoms with Gasteiger partial charge >= 0.3 is 0 Å². The van der Waals surface area contributed by atoms with E-state index in [2.05, 4.69) is 48.5 Å². The quantitative estimate of drug-likeness (QED) is 0.678. The fourth-order valence-electron chi connectivity index (χ4n) is 2.24. The number of hydrogen-bond donors (Lipinski definition) is 0. The van der Waals surface area contributed by atoms with Crippen LogP contribution in [0.2, 0.25) is 0 Å². The molecule has 1 amide bonds. The molecule has 0 spiro atoms. The highest BCUT2D eigenvalue weighted by Gasteiger charge is 2.20. The van der Waals surface area contributed by atoms with Crippen LogP contribution in [-0.2, 0) is 0 Å². The van der Waals surface area contributed by atoms with Crippen LogP contribution < -0.4 is 0 Å². The van der Waals surface area contributed by atoms with Crippen LogP contribution in [0, 0.1) is 12.8 Å². The van der Waals surface area contributed by atoms with Gasteiger partial charge in [0.25, 0.3) is 5.91 Å². The number of likely N-dealkylation sites (N-methyl/N-ethyl adjacent to an activating group) is 1. The molecule has 120 valence electrons. The fourth-order valence-corrected chi connectivity index (χ4v) is 3.74. The second-order valence-electron chi connectivity index (χ2n) is 5.74. The average Bonchev–Trinajstić information content (AvgIpc) is 2.77. The van der Waals surface area contributed by atoms with Gasteiger partial charge in [-0.15, -0.1) is 11.3 Å².